The Balaban J connectivity index is 4.17. The number of hydrogen-bond acceptors (Lipinski definition) is 5. The number of ether oxygens (including phenoxy) is 3. The number of carbonyl (C=O) groups is 2. The Bertz CT molecular complexity index is 227. The molecule has 0 aliphatic carbocycles. The zero-order valence-corrected chi connectivity index (χ0v) is 9.89. The first-order chi connectivity index (χ1) is 7.54. The highest BCUT2D eigenvalue weighted by atomic mass is 16.7. The van der Waals surface area contributed by atoms with Crippen molar-refractivity contribution in [1.29, 1.82) is 0 Å². The molecular weight excluding hydrogens is 214 g/mol. The standard InChI is InChI=1S/C10H19NO5/c1-14-8(12)5-4-7(10(11)13)6-9(15-2)16-3/h7,9H,4-6H2,1-3H3,(H2,11,13). The Kier molecular flexibility index (Phi) is 7.49. The summed E-state index contributed by atoms with van der Waals surface area (Å²) in [5.74, 6) is -1.29. The molecular formula is C10H19NO5. The molecule has 1 atom stereocenters. The summed E-state index contributed by atoms with van der Waals surface area (Å²) in [4.78, 5) is 22.1. The summed E-state index contributed by atoms with van der Waals surface area (Å²) in [6, 6.07) is 0. The lowest BCUT2D eigenvalue weighted by Crippen LogP contribution is -2.29. The number of esters is 1. The van der Waals surface area contributed by atoms with Crippen molar-refractivity contribution in [3.8, 4) is 0 Å². The van der Waals surface area contributed by atoms with E-state index in [9.17, 15) is 9.59 Å². The summed E-state index contributed by atoms with van der Waals surface area (Å²) >= 11 is 0. The lowest BCUT2D eigenvalue weighted by atomic mass is 9.98. The van der Waals surface area contributed by atoms with Gasteiger partial charge >= 0.3 is 5.97 Å². The van der Waals surface area contributed by atoms with E-state index in [2.05, 4.69) is 4.74 Å². The zero-order valence-electron chi connectivity index (χ0n) is 9.89. The van der Waals surface area contributed by atoms with Crippen molar-refractivity contribution < 1.29 is 23.8 Å². The summed E-state index contributed by atoms with van der Waals surface area (Å²) in [5, 5.41) is 0. The van der Waals surface area contributed by atoms with Crippen molar-refractivity contribution in [2.24, 2.45) is 11.7 Å². The molecule has 0 saturated carbocycles. The van der Waals surface area contributed by atoms with E-state index in [1.807, 2.05) is 0 Å². The fourth-order valence-corrected chi connectivity index (χ4v) is 1.29. The normalized spacial score (nSPS) is 12.5. The van der Waals surface area contributed by atoms with Crippen LogP contribution in [0.5, 0.6) is 0 Å². The number of amides is 1. The van der Waals surface area contributed by atoms with Crippen LogP contribution >= 0.6 is 0 Å². The van der Waals surface area contributed by atoms with E-state index in [0.717, 1.165) is 0 Å². The van der Waals surface area contributed by atoms with Crippen LogP contribution in [-0.4, -0.2) is 39.5 Å². The third kappa shape index (κ3) is 5.67. The van der Waals surface area contributed by atoms with E-state index in [4.69, 9.17) is 15.2 Å². The third-order valence-corrected chi connectivity index (χ3v) is 2.33. The summed E-state index contributed by atoms with van der Waals surface area (Å²) in [6.45, 7) is 0. The minimum absolute atomic E-state index is 0.157. The molecule has 16 heavy (non-hydrogen) atoms. The number of nitrogens with two attached hydrogens (primary N) is 1. The van der Waals surface area contributed by atoms with Gasteiger partial charge in [-0.25, -0.2) is 0 Å². The molecule has 6 nitrogen and oxygen atoms in total. The van der Waals surface area contributed by atoms with E-state index in [-0.39, 0.29) is 12.4 Å². The first-order valence-corrected chi connectivity index (χ1v) is 4.96. The highest BCUT2D eigenvalue weighted by Gasteiger charge is 2.21. The molecule has 0 radical (unpaired) electrons. The second-order valence-electron chi connectivity index (χ2n) is 3.35. The topological polar surface area (TPSA) is 87.8 Å². The Labute approximate surface area is 95.0 Å². The molecule has 0 spiro atoms. The summed E-state index contributed by atoms with van der Waals surface area (Å²) in [7, 11) is 4.26. The number of hydrogen-bond donors (Lipinski definition) is 1. The molecule has 2 N–H and O–H groups in total. The Morgan fingerprint density at radius 2 is 1.75 bits per heavy atom. The van der Waals surface area contributed by atoms with E-state index < -0.39 is 18.1 Å². The fraction of sp³-hybridized carbons (Fsp3) is 0.800. The maximum absolute atomic E-state index is 11.1. The van der Waals surface area contributed by atoms with Gasteiger partial charge in [0.25, 0.3) is 0 Å². The average molecular weight is 233 g/mol. The smallest absolute Gasteiger partial charge is 0.305 e. The SMILES string of the molecule is COC(=O)CCC(CC(OC)OC)C(N)=O. The van der Waals surface area contributed by atoms with E-state index in [1.54, 1.807) is 0 Å². The minimum Gasteiger partial charge on any atom is -0.469 e. The highest BCUT2D eigenvalue weighted by molar-refractivity contribution is 5.77. The Morgan fingerprint density at radius 3 is 2.12 bits per heavy atom. The first kappa shape index (κ1) is 14.9. The lowest BCUT2D eigenvalue weighted by Gasteiger charge is -2.18. The molecule has 0 saturated heterocycles. The largest absolute Gasteiger partial charge is 0.469 e. The van der Waals surface area contributed by atoms with E-state index >= 15 is 0 Å². The second-order valence-corrected chi connectivity index (χ2v) is 3.35. The van der Waals surface area contributed by atoms with Gasteiger partial charge in [0.1, 0.15) is 0 Å². The predicted octanol–water partition coefficient (Wildman–Crippen LogP) is 0.0501. The molecule has 1 amide bonds. The van der Waals surface area contributed by atoms with Crippen molar-refractivity contribution in [2.75, 3.05) is 21.3 Å². The molecule has 6 heteroatoms. The van der Waals surface area contributed by atoms with Crippen LogP contribution in [0.3, 0.4) is 0 Å². The fourth-order valence-electron chi connectivity index (χ4n) is 1.29. The minimum atomic E-state index is -0.491. The number of primary amides is 1. The monoisotopic (exact) mass is 233 g/mol. The van der Waals surface area contributed by atoms with Crippen LogP contribution in [0.1, 0.15) is 19.3 Å². The van der Waals surface area contributed by atoms with Gasteiger partial charge < -0.3 is 19.9 Å². The average Bonchev–Trinajstić information content (AvgIpc) is 2.28. The molecule has 0 bridgehead atoms. The molecule has 0 aliphatic rings. The molecule has 1 unspecified atom stereocenters. The Morgan fingerprint density at radius 1 is 1.19 bits per heavy atom. The van der Waals surface area contributed by atoms with Crippen LogP contribution in [0.4, 0.5) is 0 Å². The van der Waals surface area contributed by atoms with Crippen LogP contribution < -0.4 is 5.73 Å². The number of carbonyl (C=O) groups excluding carboxylic acids is 2. The van der Waals surface area contributed by atoms with Gasteiger partial charge in [-0.15, -0.1) is 0 Å². The van der Waals surface area contributed by atoms with Crippen LogP contribution in [0.2, 0.25) is 0 Å². The maximum atomic E-state index is 11.1. The first-order valence-electron chi connectivity index (χ1n) is 4.96. The summed E-state index contributed by atoms with van der Waals surface area (Å²) in [6.07, 6.45) is 0.338. The summed E-state index contributed by atoms with van der Waals surface area (Å²) < 4.78 is 14.4. The van der Waals surface area contributed by atoms with Crippen molar-refractivity contribution in [3.05, 3.63) is 0 Å². The lowest BCUT2D eigenvalue weighted by molar-refractivity contribution is -0.142. The van der Waals surface area contributed by atoms with Crippen LogP contribution in [0.25, 0.3) is 0 Å². The summed E-state index contributed by atoms with van der Waals surface area (Å²) in [5.41, 5.74) is 5.22. The van der Waals surface area contributed by atoms with Gasteiger partial charge in [-0.3, -0.25) is 9.59 Å². The van der Waals surface area contributed by atoms with Crippen LogP contribution in [0.15, 0.2) is 0 Å². The van der Waals surface area contributed by atoms with Crippen molar-refractivity contribution in [1.82, 2.24) is 0 Å². The third-order valence-electron chi connectivity index (χ3n) is 2.33. The highest BCUT2D eigenvalue weighted by Crippen LogP contribution is 2.15. The molecule has 0 aromatic rings. The number of methoxy groups -OCH3 is 3. The molecule has 0 aliphatic heterocycles. The molecule has 0 heterocycles. The van der Waals surface area contributed by atoms with Crippen molar-refractivity contribution in [2.45, 2.75) is 25.6 Å². The van der Waals surface area contributed by atoms with Gasteiger partial charge in [0.05, 0.1) is 7.11 Å². The van der Waals surface area contributed by atoms with Gasteiger partial charge in [0.15, 0.2) is 6.29 Å². The van der Waals surface area contributed by atoms with Gasteiger partial charge in [-0.2, -0.15) is 0 Å². The second kappa shape index (κ2) is 8.06. The van der Waals surface area contributed by atoms with Gasteiger partial charge in [-0.1, -0.05) is 0 Å². The zero-order chi connectivity index (χ0) is 12.6. The maximum Gasteiger partial charge on any atom is 0.305 e. The Hall–Kier alpha value is -1.14. The van der Waals surface area contributed by atoms with Crippen molar-refractivity contribution >= 4 is 11.9 Å². The van der Waals surface area contributed by atoms with Gasteiger partial charge in [0, 0.05) is 33.0 Å². The number of rotatable bonds is 8. The van der Waals surface area contributed by atoms with Gasteiger partial charge in [-0.05, 0) is 6.42 Å². The molecule has 0 fully saturated rings. The molecule has 0 rings (SSSR count). The molecule has 0 aromatic carbocycles. The van der Waals surface area contributed by atoms with Gasteiger partial charge in [0.2, 0.25) is 5.91 Å². The van der Waals surface area contributed by atoms with E-state index in [1.165, 1.54) is 21.3 Å². The molecule has 94 valence electrons. The van der Waals surface area contributed by atoms with Crippen molar-refractivity contribution in [3.63, 3.8) is 0 Å². The quantitative estimate of drug-likeness (QED) is 0.472. The molecule has 0 aromatic heterocycles. The van der Waals surface area contributed by atoms with E-state index in [0.29, 0.717) is 12.8 Å². The predicted molar refractivity (Wildman–Crippen MR) is 56.4 cm³/mol. The van der Waals surface area contributed by atoms with Crippen LogP contribution in [0, 0.1) is 5.92 Å². The van der Waals surface area contributed by atoms with Crippen LogP contribution in [-0.2, 0) is 23.8 Å².